The molecule has 1 aliphatic carbocycles. The lowest BCUT2D eigenvalue weighted by Crippen LogP contribution is -2.52. The van der Waals surface area contributed by atoms with Crippen molar-refractivity contribution in [1.82, 2.24) is 4.90 Å². The van der Waals surface area contributed by atoms with Crippen LogP contribution in [0.5, 0.6) is 0 Å². The summed E-state index contributed by atoms with van der Waals surface area (Å²) in [6, 6.07) is 5.27. The number of carbonyl (C=O) groups excluding carboxylic acids is 1. The lowest BCUT2D eigenvalue weighted by Gasteiger charge is -2.33. The van der Waals surface area contributed by atoms with Crippen molar-refractivity contribution in [2.45, 2.75) is 62.5 Å². The topological polar surface area (TPSA) is 91.8 Å². The molecule has 1 saturated carbocycles. The van der Waals surface area contributed by atoms with Crippen molar-refractivity contribution in [3.63, 3.8) is 0 Å². The summed E-state index contributed by atoms with van der Waals surface area (Å²) in [5.74, 6) is -1.37. The molecule has 0 bridgehead atoms. The van der Waals surface area contributed by atoms with E-state index in [2.05, 4.69) is 0 Å². The third kappa shape index (κ3) is 3.06. The Labute approximate surface area is 160 Å². The molecular weight excluding hydrogens is 366 g/mol. The number of carboxylic acid groups (broad SMARTS) is 1. The second-order valence-corrected chi connectivity index (χ2v) is 10.5. The molecule has 3 rings (SSSR count). The van der Waals surface area contributed by atoms with E-state index in [1.165, 1.54) is 4.90 Å². The number of hydrogen-bond donors (Lipinski definition) is 1. The van der Waals surface area contributed by atoms with Crippen molar-refractivity contribution in [2.75, 3.05) is 13.1 Å². The van der Waals surface area contributed by atoms with Crippen LogP contribution in [-0.4, -0.2) is 48.1 Å². The highest BCUT2D eigenvalue weighted by molar-refractivity contribution is 7.93. The monoisotopic (exact) mass is 393 g/mol. The van der Waals surface area contributed by atoms with Crippen LogP contribution >= 0.6 is 0 Å². The number of amides is 1. The van der Waals surface area contributed by atoms with E-state index in [-0.39, 0.29) is 18.0 Å². The first-order valence-corrected chi connectivity index (χ1v) is 10.9. The summed E-state index contributed by atoms with van der Waals surface area (Å²) in [4.78, 5) is 26.7. The van der Waals surface area contributed by atoms with Crippen LogP contribution in [0, 0.1) is 19.3 Å². The van der Waals surface area contributed by atoms with Crippen LogP contribution in [0.4, 0.5) is 0 Å². The molecule has 6 nitrogen and oxygen atoms in total. The van der Waals surface area contributed by atoms with Gasteiger partial charge >= 0.3 is 5.97 Å². The van der Waals surface area contributed by atoms with E-state index in [0.29, 0.717) is 37.7 Å². The van der Waals surface area contributed by atoms with E-state index in [1.807, 2.05) is 13.0 Å². The van der Waals surface area contributed by atoms with Gasteiger partial charge in [-0.1, -0.05) is 25.0 Å². The van der Waals surface area contributed by atoms with Crippen LogP contribution in [0.1, 0.15) is 50.2 Å². The number of carboxylic acids is 1. The van der Waals surface area contributed by atoms with Gasteiger partial charge in [0.2, 0.25) is 5.91 Å². The lowest BCUT2D eigenvalue weighted by atomic mass is 9.90. The summed E-state index contributed by atoms with van der Waals surface area (Å²) in [6.45, 7) is 5.54. The molecule has 148 valence electrons. The Bertz CT molecular complexity index is 886. The molecule has 1 aromatic rings. The molecule has 2 aliphatic rings. The zero-order valence-electron chi connectivity index (χ0n) is 16.1. The van der Waals surface area contributed by atoms with Crippen LogP contribution in [0.25, 0.3) is 0 Å². The van der Waals surface area contributed by atoms with Gasteiger partial charge in [0.15, 0.2) is 14.6 Å². The Morgan fingerprint density at radius 1 is 1.11 bits per heavy atom. The Hall–Kier alpha value is -1.89. The van der Waals surface area contributed by atoms with Crippen molar-refractivity contribution >= 4 is 21.7 Å². The normalized spacial score (nSPS) is 24.9. The predicted octanol–water partition coefficient (Wildman–Crippen LogP) is 2.71. The maximum Gasteiger partial charge on any atom is 0.311 e. The molecule has 27 heavy (non-hydrogen) atoms. The summed E-state index contributed by atoms with van der Waals surface area (Å²) in [6.07, 6.45) is 2.29. The number of rotatable bonds is 4. The van der Waals surface area contributed by atoms with E-state index in [1.54, 1.807) is 26.0 Å². The SMILES string of the molecule is Cc1ccc(C)c(S(=O)(=O)C2(C(=O)N3CCC(C)(C(=O)O)C3)CCCC2)c1. The summed E-state index contributed by atoms with van der Waals surface area (Å²) < 4.78 is 25.8. The van der Waals surface area contributed by atoms with E-state index in [9.17, 15) is 23.1 Å². The highest BCUT2D eigenvalue weighted by Gasteiger charge is 2.56. The van der Waals surface area contributed by atoms with Crippen molar-refractivity contribution in [1.29, 1.82) is 0 Å². The van der Waals surface area contributed by atoms with E-state index < -0.39 is 31.9 Å². The maximum atomic E-state index is 13.7. The van der Waals surface area contributed by atoms with Gasteiger partial charge in [0.25, 0.3) is 0 Å². The number of carbonyl (C=O) groups is 2. The van der Waals surface area contributed by atoms with E-state index >= 15 is 0 Å². The fourth-order valence-corrected chi connectivity index (χ4v) is 6.79. The molecule has 7 heteroatoms. The highest BCUT2D eigenvalue weighted by Crippen LogP contribution is 2.44. The van der Waals surface area contributed by atoms with Gasteiger partial charge in [-0.05, 0) is 57.2 Å². The summed E-state index contributed by atoms with van der Waals surface area (Å²) in [5, 5.41) is 9.45. The number of hydrogen-bond acceptors (Lipinski definition) is 4. The quantitative estimate of drug-likeness (QED) is 0.849. The molecule has 1 aromatic carbocycles. The Morgan fingerprint density at radius 2 is 1.74 bits per heavy atom. The summed E-state index contributed by atoms with van der Waals surface area (Å²) in [7, 11) is -3.89. The number of aliphatic carboxylic acids is 1. The first-order chi connectivity index (χ1) is 12.5. The number of sulfone groups is 1. The standard InChI is InChI=1S/C20H27NO5S/c1-14-6-7-15(2)16(12-14)27(25,26)20(8-4-5-9-20)17(22)21-11-10-19(3,13-21)18(23)24/h6-7,12H,4-5,8-11,13H2,1-3H3,(H,23,24). The highest BCUT2D eigenvalue weighted by atomic mass is 32.2. The summed E-state index contributed by atoms with van der Waals surface area (Å²) >= 11 is 0. The minimum Gasteiger partial charge on any atom is -0.481 e. The molecule has 1 saturated heterocycles. The van der Waals surface area contributed by atoms with Gasteiger partial charge in [-0.2, -0.15) is 0 Å². The number of benzene rings is 1. The van der Waals surface area contributed by atoms with Gasteiger partial charge in [-0.25, -0.2) is 8.42 Å². The van der Waals surface area contributed by atoms with Crippen LogP contribution in [0.15, 0.2) is 23.1 Å². The molecule has 0 spiro atoms. The van der Waals surface area contributed by atoms with Gasteiger partial charge in [-0.15, -0.1) is 0 Å². The second-order valence-electron chi connectivity index (χ2n) is 8.32. The minimum absolute atomic E-state index is 0.0608. The predicted molar refractivity (Wildman–Crippen MR) is 101 cm³/mol. The molecule has 0 radical (unpaired) electrons. The fourth-order valence-electron chi connectivity index (χ4n) is 4.35. The first-order valence-electron chi connectivity index (χ1n) is 9.38. The molecule has 1 aliphatic heterocycles. The Kier molecular flexibility index (Phi) is 4.87. The zero-order valence-corrected chi connectivity index (χ0v) is 16.9. The van der Waals surface area contributed by atoms with Crippen LogP contribution < -0.4 is 0 Å². The second kappa shape index (κ2) is 6.62. The third-order valence-electron chi connectivity index (χ3n) is 6.23. The molecule has 1 amide bonds. The fraction of sp³-hybridized carbons (Fsp3) is 0.600. The van der Waals surface area contributed by atoms with Crippen molar-refractivity contribution in [3.05, 3.63) is 29.3 Å². The number of nitrogens with zero attached hydrogens (tertiary/aromatic N) is 1. The molecule has 0 aromatic heterocycles. The van der Waals surface area contributed by atoms with Crippen LogP contribution in [-0.2, 0) is 19.4 Å². The maximum absolute atomic E-state index is 13.7. The number of aryl methyl sites for hydroxylation is 2. The number of likely N-dealkylation sites (tertiary alicyclic amines) is 1. The first kappa shape index (κ1) is 19.9. The van der Waals surface area contributed by atoms with Crippen molar-refractivity contribution in [2.24, 2.45) is 5.41 Å². The van der Waals surface area contributed by atoms with Gasteiger partial charge in [-0.3, -0.25) is 9.59 Å². The van der Waals surface area contributed by atoms with Crippen molar-refractivity contribution < 1.29 is 23.1 Å². The molecule has 1 atom stereocenters. The smallest absolute Gasteiger partial charge is 0.311 e. The van der Waals surface area contributed by atoms with Crippen LogP contribution in [0.2, 0.25) is 0 Å². The van der Waals surface area contributed by atoms with Gasteiger partial charge < -0.3 is 10.0 Å². The van der Waals surface area contributed by atoms with Crippen molar-refractivity contribution in [3.8, 4) is 0 Å². The molecular formula is C20H27NO5S. The zero-order chi connectivity index (χ0) is 20.0. The summed E-state index contributed by atoms with van der Waals surface area (Å²) in [5.41, 5.74) is 0.453. The minimum atomic E-state index is -3.89. The lowest BCUT2D eigenvalue weighted by molar-refractivity contribution is -0.147. The van der Waals surface area contributed by atoms with Gasteiger partial charge in [0.05, 0.1) is 10.3 Å². The molecule has 1 unspecified atom stereocenters. The van der Waals surface area contributed by atoms with E-state index in [4.69, 9.17) is 0 Å². The molecule has 1 N–H and O–H groups in total. The largest absolute Gasteiger partial charge is 0.481 e. The van der Waals surface area contributed by atoms with Gasteiger partial charge in [0.1, 0.15) is 0 Å². The Morgan fingerprint density at radius 3 is 2.30 bits per heavy atom. The molecule has 1 heterocycles. The van der Waals surface area contributed by atoms with E-state index in [0.717, 1.165) is 5.56 Å². The van der Waals surface area contributed by atoms with Gasteiger partial charge in [0, 0.05) is 13.1 Å². The Balaban J connectivity index is 2.03. The molecule has 2 fully saturated rings. The van der Waals surface area contributed by atoms with Crippen LogP contribution in [0.3, 0.4) is 0 Å². The third-order valence-corrected chi connectivity index (χ3v) is 8.86. The average Bonchev–Trinajstić information content (AvgIpc) is 3.25. The average molecular weight is 394 g/mol.